The minimum absolute atomic E-state index is 0.0566. The highest BCUT2D eigenvalue weighted by Crippen LogP contribution is 2.08. The van der Waals surface area contributed by atoms with Crippen LogP contribution in [0.3, 0.4) is 0 Å². The van der Waals surface area contributed by atoms with E-state index in [1.165, 1.54) is 0 Å². The number of benzene rings is 1. The molecule has 0 saturated carbocycles. The topological polar surface area (TPSA) is 49.3 Å². The Bertz CT molecular complexity index is 390. The van der Waals surface area contributed by atoms with Crippen LogP contribution in [0.25, 0.3) is 0 Å². The minimum atomic E-state index is -0.302. The monoisotopic (exact) mass is 263 g/mol. The van der Waals surface area contributed by atoms with Crippen molar-refractivity contribution in [2.75, 3.05) is 6.54 Å². The van der Waals surface area contributed by atoms with Crippen molar-refractivity contribution < 1.29 is 9.90 Å². The van der Waals surface area contributed by atoms with Gasteiger partial charge in [0.1, 0.15) is 0 Å². The van der Waals surface area contributed by atoms with Crippen LogP contribution in [-0.4, -0.2) is 23.7 Å². The summed E-state index contributed by atoms with van der Waals surface area (Å²) in [5.41, 5.74) is 1.69. The third-order valence-electron chi connectivity index (χ3n) is 3.29. The molecule has 1 atom stereocenters. The predicted octanol–water partition coefficient (Wildman–Crippen LogP) is 3.06. The molecule has 1 rings (SSSR count). The van der Waals surface area contributed by atoms with Gasteiger partial charge in [0.25, 0.3) is 5.91 Å². The van der Waals surface area contributed by atoms with Gasteiger partial charge in [-0.3, -0.25) is 4.79 Å². The zero-order valence-corrected chi connectivity index (χ0v) is 12.0. The Labute approximate surface area is 116 Å². The first-order valence-corrected chi connectivity index (χ1v) is 7.17. The standard InChI is InChI=1S/C16H25NO2/c1-3-4-5-9-14(18)11-12-17-16(19)15-10-7-6-8-13(15)2/h6-8,10,14,18H,3-5,9,11-12H2,1-2H3,(H,17,19)/t14-/m1/s1. The van der Waals surface area contributed by atoms with E-state index in [9.17, 15) is 9.90 Å². The first kappa shape index (κ1) is 15.7. The summed E-state index contributed by atoms with van der Waals surface area (Å²) in [7, 11) is 0. The van der Waals surface area contributed by atoms with Crippen molar-refractivity contribution in [3.8, 4) is 0 Å². The number of nitrogens with one attached hydrogen (secondary N) is 1. The molecule has 1 aromatic carbocycles. The maximum absolute atomic E-state index is 11.9. The number of amides is 1. The first-order valence-electron chi connectivity index (χ1n) is 7.17. The highest BCUT2D eigenvalue weighted by Gasteiger charge is 2.09. The van der Waals surface area contributed by atoms with E-state index in [-0.39, 0.29) is 12.0 Å². The lowest BCUT2D eigenvalue weighted by atomic mass is 10.1. The second kappa shape index (κ2) is 8.70. The number of unbranched alkanes of at least 4 members (excludes halogenated alkanes) is 2. The Kier molecular flexibility index (Phi) is 7.19. The molecule has 0 aliphatic carbocycles. The van der Waals surface area contributed by atoms with Crippen molar-refractivity contribution in [1.29, 1.82) is 0 Å². The number of carbonyl (C=O) groups is 1. The minimum Gasteiger partial charge on any atom is -0.393 e. The van der Waals surface area contributed by atoms with E-state index in [4.69, 9.17) is 0 Å². The largest absolute Gasteiger partial charge is 0.393 e. The average molecular weight is 263 g/mol. The maximum Gasteiger partial charge on any atom is 0.251 e. The summed E-state index contributed by atoms with van der Waals surface area (Å²) in [5.74, 6) is -0.0566. The van der Waals surface area contributed by atoms with Gasteiger partial charge in [0, 0.05) is 12.1 Å². The molecule has 0 saturated heterocycles. The van der Waals surface area contributed by atoms with Gasteiger partial charge in [-0.1, -0.05) is 44.4 Å². The molecule has 0 heterocycles. The molecular weight excluding hydrogens is 238 g/mol. The van der Waals surface area contributed by atoms with E-state index in [0.29, 0.717) is 18.5 Å². The zero-order chi connectivity index (χ0) is 14.1. The molecular formula is C16H25NO2. The summed E-state index contributed by atoms with van der Waals surface area (Å²) in [4.78, 5) is 11.9. The van der Waals surface area contributed by atoms with Crippen molar-refractivity contribution >= 4 is 5.91 Å². The molecule has 3 heteroatoms. The molecule has 0 spiro atoms. The van der Waals surface area contributed by atoms with Crippen LogP contribution in [-0.2, 0) is 0 Å². The summed E-state index contributed by atoms with van der Waals surface area (Å²) >= 11 is 0. The molecule has 1 aromatic rings. The van der Waals surface area contributed by atoms with E-state index in [1.807, 2.05) is 31.2 Å². The van der Waals surface area contributed by atoms with Gasteiger partial charge in [0.15, 0.2) is 0 Å². The van der Waals surface area contributed by atoms with Gasteiger partial charge in [-0.2, -0.15) is 0 Å². The number of aliphatic hydroxyl groups excluding tert-OH is 1. The number of aliphatic hydroxyl groups is 1. The Morgan fingerprint density at radius 1 is 1.26 bits per heavy atom. The Morgan fingerprint density at radius 3 is 2.68 bits per heavy atom. The van der Waals surface area contributed by atoms with E-state index in [0.717, 1.165) is 31.2 Å². The fraction of sp³-hybridized carbons (Fsp3) is 0.562. The molecule has 3 nitrogen and oxygen atoms in total. The van der Waals surface area contributed by atoms with Crippen LogP contribution >= 0.6 is 0 Å². The van der Waals surface area contributed by atoms with Crippen molar-refractivity contribution in [2.24, 2.45) is 0 Å². The number of hydrogen-bond donors (Lipinski definition) is 2. The fourth-order valence-corrected chi connectivity index (χ4v) is 2.05. The highest BCUT2D eigenvalue weighted by molar-refractivity contribution is 5.95. The second-order valence-corrected chi connectivity index (χ2v) is 5.01. The lowest BCUT2D eigenvalue weighted by Gasteiger charge is -2.11. The Hall–Kier alpha value is -1.35. The van der Waals surface area contributed by atoms with Crippen LogP contribution in [0.5, 0.6) is 0 Å². The SMILES string of the molecule is CCCCC[C@@H](O)CCNC(=O)c1ccccc1C. The second-order valence-electron chi connectivity index (χ2n) is 5.01. The van der Waals surface area contributed by atoms with Gasteiger partial charge in [-0.15, -0.1) is 0 Å². The molecule has 106 valence electrons. The lowest BCUT2D eigenvalue weighted by Crippen LogP contribution is -2.27. The first-order chi connectivity index (χ1) is 9.15. The third kappa shape index (κ3) is 5.88. The summed E-state index contributed by atoms with van der Waals surface area (Å²) in [6.45, 7) is 4.60. The van der Waals surface area contributed by atoms with Crippen molar-refractivity contribution in [1.82, 2.24) is 5.32 Å². The van der Waals surface area contributed by atoms with E-state index in [1.54, 1.807) is 0 Å². The third-order valence-corrected chi connectivity index (χ3v) is 3.29. The van der Waals surface area contributed by atoms with Gasteiger partial charge in [0.05, 0.1) is 6.10 Å². The maximum atomic E-state index is 11.9. The lowest BCUT2D eigenvalue weighted by molar-refractivity contribution is 0.0939. The molecule has 0 aliphatic rings. The van der Waals surface area contributed by atoms with Gasteiger partial charge in [0.2, 0.25) is 0 Å². The molecule has 0 aliphatic heterocycles. The number of rotatable bonds is 8. The van der Waals surface area contributed by atoms with Crippen LogP contribution in [0.1, 0.15) is 54.9 Å². The summed E-state index contributed by atoms with van der Waals surface area (Å²) in [5, 5.41) is 12.6. The molecule has 2 N–H and O–H groups in total. The van der Waals surface area contributed by atoms with Gasteiger partial charge in [-0.05, 0) is 31.4 Å². The van der Waals surface area contributed by atoms with Crippen LogP contribution in [0.4, 0.5) is 0 Å². The quantitative estimate of drug-likeness (QED) is 0.708. The smallest absolute Gasteiger partial charge is 0.251 e. The summed E-state index contributed by atoms with van der Waals surface area (Å²) in [6.07, 6.45) is 4.53. The molecule has 1 amide bonds. The Balaban J connectivity index is 2.26. The number of aryl methyl sites for hydroxylation is 1. The van der Waals surface area contributed by atoms with Crippen molar-refractivity contribution in [3.05, 3.63) is 35.4 Å². The molecule has 0 unspecified atom stereocenters. The van der Waals surface area contributed by atoms with Crippen LogP contribution in [0, 0.1) is 6.92 Å². The highest BCUT2D eigenvalue weighted by atomic mass is 16.3. The van der Waals surface area contributed by atoms with Gasteiger partial charge < -0.3 is 10.4 Å². The molecule has 0 fully saturated rings. The van der Waals surface area contributed by atoms with Crippen LogP contribution in [0.2, 0.25) is 0 Å². The summed E-state index contributed by atoms with van der Waals surface area (Å²) < 4.78 is 0. The van der Waals surface area contributed by atoms with Crippen molar-refractivity contribution in [3.63, 3.8) is 0 Å². The van der Waals surface area contributed by atoms with E-state index < -0.39 is 0 Å². The number of carbonyl (C=O) groups excluding carboxylic acids is 1. The zero-order valence-electron chi connectivity index (χ0n) is 12.0. The van der Waals surface area contributed by atoms with E-state index in [2.05, 4.69) is 12.2 Å². The Morgan fingerprint density at radius 2 is 2.00 bits per heavy atom. The molecule has 0 aromatic heterocycles. The van der Waals surface area contributed by atoms with Crippen LogP contribution < -0.4 is 5.32 Å². The molecule has 0 radical (unpaired) electrons. The van der Waals surface area contributed by atoms with Crippen LogP contribution in [0.15, 0.2) is 24.3 Å². The van der Waals surface area contributed by atoms with Crippen molar-refractivity contribution in [2.45, 2.75) is 52.1 Å². The van der Waals surface area contributed by atoms with Gasteiger partial charge >= 0.3 is 0 Å². The van der Waals surface area contributed by atoms with E-state index >= 15 is 0 Å². The van der Waals surface area contributed by atoms with Gasteiger partial charge in [-0.25, -0.2) is 0 Å². The number of hydrogen-bond acceptors (Lipinski definition) is 2. The fourth-order valence-electron chi connectivity index (χ4n) is 2.05. The average Bonchev–Trinajstić information content (AvgIpc) is 2.39. The molecule has 0 bridgehead atoms. The summed E-state index contributed by atoms with van der Waals surface area (Å²) in [6, 6.07) is 7.53. The predicted molar refractivity (Wildman–Crippen MR) is 78.3 cm³/mol. The normalized spacial score (nSPS) is 12.2. The molecule has 19 heavy (non-hydrogen) atoms.